The number of piperidine rings is 1. The zero-order valence-electron chi connectivity index (χ0n) is 19.2. The molecule has 190 valence electrons. The molecule has 12 heteroatoms. The molecule has 1 aliphatic heterocycles. The summed E-state index contributed by atoms with van der Waals surface area (Å²) in [5.74, 6) is -0.692. The van der Waals surface area contributed by atoms with E-state index < -0.39 is 20.0 Å². The van der Waals surface area contributed by atoms with Crippen LogP contribution in [0.1, 0.15) is 18.4 Å². The highest BCUT2D eigenvalue weighted by atomic mass is 35.5. The number of amides is 1. The number of carbonyl (C=O) groups excluding carboxylic acids is 1. The Morgan fingerprint density at radius 1 is 0.944 bits per heavy atom. The van der Waals surface area contributed by atoms with Gasteiger partial charge in [0.1, 0.15) is 0 Å². The van der Waals surface area contributed by atoms with Crippen LogP contribution in [0.25, 0.3) is 0 Å². The Kier molecular flexibility index (Phi) is 7.94. The molecule has 1 fully saturated rings. The minimum atomic E-state index is -3.80. The van der Waals surface area contributed by atoms with Gasteiger partial charge in [-0.15, -0.1) is 0 Å². The van der Waals surface area contributed by atoms with Crippen molar-refractivity contribution in [3.63, 3.8) is 0 Å². The molecule has 2 aromatic carbocycles. The van der Waals surface area contributed by atoms with Gasteiger partial charge in [0.15, 0.2) is 0 Å². The summed E-state index contributed by atoms with van der Waals surface area (Å²) in [7, 11) is -7.30. The smallest absolute Gasteiger partial charge is 0.261 e. The van der Waals surface area contributed by atoms with E-state index in [1.54, 1.807) is 42.6 Å². The molecule has 1 amide bonds. The predicted molar refractivity (Wildman–Crippen MR) is 138 cm³/mol. The molecule has 0 radical (unpaired) electrons. The molecule has 0 aliphatic carbocycles. The minimum Gasteiger partial charge on any atom is -0.326 e. The van der Waals surface area contributed by atoms with Crippen molar-refractivity contribution in [2.75, 3.05) is 23.1 Å². The van der Waals surface area contributed by atoms with Crippen LogP contribution in [0.3, 0.4) is 0 Å². The molecule has 3 aromatic rings. The number of hydrogen-bond donors (Lipinski definition) is 2. The fourth-order valence-corrected chi connectivity index (χ4v) is 6.61. The molecular formula is C24H25ClN4O5S2. The molecule has 2 heterocycles. The average Bonchev–Trinajstić information content (AvgIpc) is 2.86. The van der Waals surface area contributed by atoms with E-state index in [0.29, 0.717) is 34.8 Å². The standard InChI is InChI=1S/C24H25ClN4O5S2/c25-20-5-3-18(4-6-20)17-35(31,32)29-14-11-19(12-15-29)24(30)27-21-7-9-23(10-8-21)36(33,34)28-22-2-1-13-26-16-22/h1-10,13,16,19,28H,11-12,14-15,17H2,(H,27,30). The third-order valence-corrected chi connectivity index (χ3v) is 9.33. The third-order valence-electron chi connectivity index (χ3n) is 5.83. The normalized spacial score (nSPS) is 15.4. The molecule has 9 nitrogen and oxygen atoms in total. The molecule has 2 N–H and O–H groups in total. The maximum absolute atomic E-state index is 12.8. The monoisotopic (exact) mass is 548 g/mol. The van der Waals surface area contributed by atoms with Crippen molar-refractivity contribution in [3.05, 3.63) is 83.6 Å². The Morgan fingerprint density at radius 3 is 2.22 bits per heavy atom. The number of aromatic nitrogens is 1. The first-order chi connectivity index (χ1) is 17.1. The summed E-state index contributed by atoms with van der Waals surface area (Å²) in [5.41, 5.74) is 1.45. The Morgan fingerprint density at radius 2 is 1.61 bits per heavy atom. The molecule has 0 spiro atoms. The summed E-state index contributed by atoms with van der Waals surface area (Å²) in [4.78, 5) is 16.7. The lowest BCUT2D eigenvalue weighted by atomic mass is 9.97. The average molecular weight is 549 g/mol. The predicted octanol–water partition coefficient (Wildman–Crippen LogP) is 3.72. The van der Waals surface area contributed by atoms with Crippen molar-refractivity contribution < 1.29 is 21.6 Å². The van der Waals surface area contributed by atoms with E-state index >= 15 is 0 Å². The van der Waals surface area contributed by atoms with Crippen LogP contribution in [0.15, 0.2) is 78.0 Å². The van der Waals surface area contributed by atoms with Crippen LogP contribution in [0, 0.1) is 5.92 Å². The summed E-state index contributed by atoms with van der Waals surface area (Å²) >= 11 is 5.86. The maximum atomic E-state index is 12.8. The number of hydrogen-bond acceptors (Lipinski definition) is 6. The van der Waals surface area contributed by atoms with Gasteiger partial charge in [0.2, 0.25) is 15.9 Å². The summed E-state index contributed by atoms with van der Waals surface area (Å²) in [6.45, 7) is 0.510. The fourth-order valence-electron chi connectivity index (χ4n) is 3.88. The molecule has 1 saturated heterocycles. The van der Waals surface area contributed by atoms with Gasteiger partial charge in [0.25, 0.3) is 10.0 Å². The number of anilines is 2. The van der Waals surface area contributed by atoms with Gasteiger partial charge in [-0.25, -0.2) is 21.1 Å². The van der Waals surface area contributed by atoms with E-state index in [1.807, 2.05) is 0 Å². The van der Waals surface area contributed by atoms with Gasteiger partial charge in [0, 0.05) is 35.9 Å². The number of pyridine rings is 1. The Balaban J connectivity index is 1.31. The van der Waals surface area contributed by atoms with E-state index in [1.165, 1.54) is 34.8 Å². The molecule has 0 saturated carbocycles. The lowest BCUT2D eigenvalue weighted by molar-refractivity contribution is -0.120. The van der Waals surface area contributed by atoms with Crippen LogP contribution in [-0.2, 0) is 30.6 Å². The molecule has 4 rings (SSSR count). The topological polar surface area (TPSA) is 126 Å². The van der Waals surface area contributed by atoms with Gasteiger partial charge in [-0.2, -0.15) is 0 Å². The second-order valence-electron chi connectivity index (χ2n) is 8.42. The van der Waals surface area contributed by atoms with Crippen molar-refractivity contribution >= 4 is 48.9 Å². The molecule has 1 aliphatic rings. The SMILES string of the molecule is O=C(Nc1ccc(S(=O)(=O)Nc2cccnc2)cc1)C1CCN(S(=O)(=O)Cc2ccc(Cl)cc2)CC1. The zero-order chi connectivity index (χ0) is 25.8. The van der Waals surface area contributed by atoms with Gasteiger partial charge in [-0.3, -0.25) is 14.5 Å². The van der Waals surface area contributed by atoms with E-state index in [4.69, 9.17) is 11.6 Å². The van der Waals surface area contributed by atoms with Crippen LogP contribution in [0.4, 0.5) is 11.4 Å². The number of rotatable bonds is 8. The van der Waals surface area contributed by atoms with Crippen LogP contribution in [0.5, 0.6) is 0 Å². The molecule has 0 bridgehead atoms. The largest absolute Gasteiger partial charge is 0.326 e. The number of nitrogens with zero attached hydrogens (tertiary/aromatic N) is 2. The zero-order valence-corrected chi connectivity index (χ0v) is 21.6. The van der Waals surface area contributed by atoms with Crippen molar-refractivity contribution in [3.8, 4) is 0 Å². The van der Waals surface area contributed by atoms with Crippen LogP contribution in [-0.4, -0.2) is 45.1 Å². The van der Waals surface area contributed by atoms with Crippen molar-refractivity contribution in [2.24, 2.45) is 5.92 Å². The second-order valence-corrected chi connectivity index (χ2v) is 12.5. The lowest BCUT2D eigenvalue weighted by Gasteiger charge is -2.30. The summed E-state index contributed by atoms with van der Waals surface area (Å²) in [6, 6.07) is 15.7. The van der Waals surface area contributed by atoms with E-state index in [9.17, 15) is 21.6 Å². The van der Waals surface area contributed by atoms with Crippen molar-refractivity contribution in [1.29, 1.82) is 0 Å². The lowest BCUT2D eigenvalue weighted by Crippen LogP contribution is -2.41. The molecule has 36 heavy (non-hydrogen) atoms. The summed E-state index contributed by atoms with van der Waals surface area (Å²) in [6.07, 6.45) is 3.74. The van der Waals surface area contributed by atoms with Gasteiger partial charge >= 0.3 is 0 Å². The maximum Gasteiger partial charge on any atom is 0.261 e. The van der Waals surface area contributed by atoms with Gasteiger partial charge in [-0.1, -0.05) is 23.7 Å². The van der Waals surface area contributed by atoms with E-state index in [2.05, 4.69) is 15.0 Å². The Bertz CT molecular complexity index is 1410. The highest BCUT2D eigenvalue weighted by Gasteiger charge is 2.31. The van der Waals surface area contributed by atoms with Gasteiger partial charge in [-0.05, 0) is 66.9 Å². The van der Waals surface area contributed by atoms with Crippen molar-refractivity contribution in [1.82, 2.24) is 9.29 Å². The minimum absolute atomic E-state index is 0.0450. The molecule has 1 aromatic heterocycles. The van der Waals surface area contributed by atoms with Crippen LogP contribution < -0.4 is 10.0 Å². The van der Waals surface area contributed by atoms with E-state index in [0.717, 1.165) is 0 Å². The number of carbonyl (C=O) groups is 1. The second kappa shape index (κ2) is 11.0. The highest BCUT2D eigenvalue weighted by Crippen LogP contribution is 2.24. The number of halogens is 1. The fraction of sp³-hybridized carbons (Fsp3) is 0.250. The number of sulfonamides is 2. The van der Waals surface area contributed by atoms with Gasteiger partial charge in [0.05, 0.1) is 22.5 Å². The summed E-state index contributed by atoms with van der Waals surface area (Å²) < 4.78 is 54.5. The Hall–Kier alpha value is -2.99. The van der Waals surface area contributed by atoms with Crippen LogP contribution in [0.2, 0.25) is 5.02 Å². The number of benzene rings is 2. The van der Waals surface area contributed by atoms with Crippen LogP contribution >= 0.6 is 11.6 Å². The molecule has 0 atom stereocenters. The first-order valence-corrected chi connectivity index (χ1v) is 14.7. The van der Waals surface area contributed by atoms with E-state index in [-0.39, 0.29) is 35.6 Å². The highest BCUT2D eigenvalue weighted by molar-refractivity contribution is 7.92. The summed E-state index contributed by atoms with van der Waals surface area (Å²) in [5, 5.41) is 3.34. The molecular weight excluding hydrogens is 524 g/mol. The number of nitrogens with one attached hydrogen (secondary N) is 2. The third kappa shape index (κ3) is 6.61. The Labute approximate surface area is 215 Å². The van der Waals surface area contributed by atoms with Gasteiger partial charge < -0.3 is 5.32 Å². The molecule has 0 unspecified atom stereocenters. The first-order valence-electron chi connectivity index (χ1n) is 11.2. The first kappa shape index (κ1) is 26.1. The van der Waals surface area contributed by atoms with Crippen molar-refractivity contribution in [2.45, 2.75) is 23.5 Å². The quantitative estimate of drug-likeness (QED) is 0.442.